The van der Waals surface area contributed by atoms with Crippen LogP contribution in [-0.2, 0) is 12.8 Å². The zero-order chi connectivity index (χ0) is 14.5. The fourth-order valence-electron chi connectivity index (χ4n) is 1.97. The summed E-state index contributed by atoms with van der Waals surface area (Å²) in [7, 11) is 0. The van der Waals surface area contributed by atoms with Gasteiger partial charge in [0, 0.05) is 22.2 Å². The van der Waals surface area contributed by atoms with Crippen molar-refractivity contribution in [2.24, 2.45) is 0 Å². The standard InChI is InChI=1S/C14H16Cl2N4/c1-2-11-13(17)19-8-20-14(11)18-6-5-9-3-4-10(15)7-12(9)16/h3-4,7-8H,2,5-6H2,1H3,(H3,17,18,19,20). The van der Waals surface area contributed by atoms with Gasteiger partial charge in [0.05, 0.1) is 0 Å². The molecule has 106 valence electrons. The normalized spacial score (nSPS) is 10.6. The maximum Gasteiger partial charge on any atom is 0.134 e. The summed E-state index contributed by atoms with van der Waals surface area (Å²) in [5, 5.41) is 4.59. The third-order valence-electron chi connectivity index (χ3n) is 3.03. The number of nitrogens with two attached hydrogens (primary N) is 1. The molecule has 1 aromatic heterocycles. The van der Waals surface area contributed by atoms with E-state index in [1.165, 1.54) is 6.33 Å². The van der Waals surface area contributed by atoms with Crippen LogP contribution >= 0.6 is 23.2 Å². The number of aromatic nitrogens is 2. The molecule has 2 rings (SSSR count). The van der Waals surface area contributed by atoms with Crippen molar-refractivity contribution < 1.29 is 0 Å². The lowest BCUT2D eigenvalue weighted by Crippen LogP contribution is -2.11. The Morgan fingerprint density at radius 3 is 2.75 bits per heavy atom. The van der Waals surface area contributed by atoms with Crippen molar-refractivity contribution >= 4 is 34.8 Å². The predicted octanol–water partition coefficient (Wildman–Crippen LogP) is 3.58. The summed E-state index contributed by atoms with van der Waals surface area (Å²) in [6.45, 7) is 2.74. The molecule has 0 amide bonds. The maximum absolute atomic E-state index is 6.14. The number of hydrogen-bond acceptors (Lipinski definition) is 4. The molecule has 0 aliphatic carbocycles. The summed E-state index contributed by atoms with van der Waals surface area (Å²) in [5.74, 6) is 1.31. The van der Waals surface area contributed by atoms with Crippen LogP contribution in [0.15, 0.2) is 24.5 Å². The van der Waals surface area contributed by atoms with Crippen molar-refractivity contribution in [1.29, 1.82) is 0 Å². The summed E-state index contributed by atoms with van der Waals surface area (Å²) in [4.78, 5) is 8.21. The minimum atomic E-state index is 0.523. The molecule has 0 spiro atoms. The van der Waals surface area contributed by atoms with Crippen molar-refractivity contribution in [3.8, 4) is 0 Å². The van der Waals surface area contributed by atoms with Crippen LogP contribution in [0.1, 0.15) is 18.1 Å². The number of hydrogen-bond donors (Lipinski definition) is 2. The molecule has 0 saturated carbocycles. The molecule has 0 fully saturated rings. The summed E-state index contributed by atoms with van der Waals surface area (Å²) in [6, 6.07) is 5.52. The molecule has 0 atom stereocenters. The van der Waals surface area contributed by atoms with Crippen LogP contribution in [0, 0.1) is 0 Å². The topological polar surface area (TPSA) is 63.8 Å². The Morgan fingerprint density at radius 2 is 2.05 bits per heavy atom. The van der Waals surface area contributed by atoms with Gasteiger partial charge in [0.2, 0.25) is 0 Å². The van der Waals surface area contributed by atoms with E-state index in [1.807, 2.05) is 19.1 Å². The van der Waals surface area contributed by atoms with Gasteiger partial charge in [-0.1, -0.05) is 36.2 Å². The lowest BCUT2D eigenvalue weighted by molar-refractivity contribution is 0.977. The van der Waals surface area contributed by atoms with Gasteiger partial charge in [-0.15, -0.1) is 0 Å². The fourth-order valence-corrected chi connectivity index (χ4v) is 2.47. The van der Waals surface area contributed by atoms with E-state index < -0.39 is 0 Å². The number of nitrogens with zero attached hydrogens (tertiary/aromatic N) is 2. The van der Waals surface area contributed by atoms with Crippen molar-refractivity contribution in [2.75, 3.05) is 17.6 Å². The van der Waals surface area contributed by atoms with Crippen LogP contribution < -0.4 is 11.1 Å². The second kappa shape index (κ2) is 6.77. The van der Waals surface area contributed by atoms with Crippen molar-refractivity contribution in [3.05, 3.63) is 45.7 Å². The van der Waals surface area contributed by atoms with E-state index in [1.54, 1.807) is 6.07 Å². The average Bonchev–Trinajstić information content (AvgIpc) is 2.41. The molecule has 1 aromatic carbocycles. The molecule has 0 aliphatic heterocycles. The first kappa shape index (κ1) is 14.9. The van der Waals surface area contributed by atoms with Gasteiger partial charge in [-0.3, -0.25) is 0 Å². The Balaban J connectivity index is 2.01. The quantitative estimate of drug-likeness (QED) is 0.886. The molecule has 0 radical (unpaired) electrons. The lowest BCUT2D eigenvalue weighted by atomic mass is 10.1. The monoisotopic (exact) mass is 310 g/mol. The lowest BCUT2D eigenvalue weighted by Gasteiger charge is -2.11. The van der Waals surface area contributed by atoms with Crippen LogP contribution in [0.4, 0.5) is 11.6 Å². The average molecular weight is 311 g/mol. The van der Waals surface area contributed by atoms with Gasteiger partial charge in [-0.2, -0.15) is 0 Å². The minimum absolute atomic E-state index is 0.523. The summed E-state index contributed by atoms with van der Waals surface area (Å²) < 4.78 is 0. The van der Waals surface area contributed by atoms with E-state index >= 15 is 0 Å². The van der Waals surface area contributed by atoms with Gasteiger partial charge in [0.25, 0.3) is 0 Å². The minimum Gasteiger partial charge on any atom is -0.383 e. The van der Waals surface area contributed by atoms with Gasteiger partial charge >= 0.3 is 0 Å². The highest BCUT2D eigenvalue weighted by atomic mass is 35.5. The van der Waals surface area contributed by atoms with Crippen LogP contribution in [-0.4, -0.2) is 16.5 Å². The van der Waals surface area contributed by atoms with E-state index in [-0.39, 0.29) is 0 Å². The van der Waals surface area contributed by atoms with E-state index in [4.69, 9.17) is 28.9 Å². The Morgan fingerprint density at radius 1 is 1.25 bits per heavy atom. The summed E-state index contributed by atoms with van der Waals surface area (Å²) in [5.41, 5.74) is 7.81. The first-order valence-electron chi connectivity index (χ1n) is 6.39. The number of nitrogens with one attached hydrogen (secondary N) is 1. The summed E-state index contributed by atoms with van der Waals surface area (Å²) >= 11 is 12.0. The third-order valence-corrected chi connectivity index (χ3v) is 3.62. The molecule has 1 heterocycles. The van der Waals surface area contributed by atoms with Gasteiger partial charge in [0.1, 0.15) is 18.0 Å². The molecule has 0 bridgehead atoms. The fraction of sp³-hybridized carbons (Fsp3) is 0.286. The molecule has 4 nitrogen and oxygen atoms in total. The molecule has 0 saturated heterocycles. The largest absolute Gasteiger partial charge is 0.383 e. The van der Waals surface area contributed by atoms with E-state index in [0.717, 1.165) is 29.8 Å². The SMILES string of the molecule is CCc1c(N)ncnc1NCCc1ccc(Cl)cc1Cl. The molecular formula is C14H16Cl2N4. The molecule has 6 heteroatoms. The second-order valence-electron chi connectivity index (χ2n) is 4.35. The Kier molecular flexibility index (Phi) is 5.04. The Bertz CT molecular complexity index is 602. The van der Waals surface area contributed by atoms with Crippen LogP contribution in [0.2, 0.25) is 10.0 Å². The van der Waals surface area contributed by atoms with Gasteiger partial charge < -0.3 is 11.1 Å². The van der Waals surface area contributed by atoms with Crippen LogP contribution in [0.3, 0.4) is 0 Å². The molecule has 0 unspecified atom stereocenters. The Hall–Kier alpha value is -1.52. The van der Waals surface area contributed by atoms with E-state index in [2.05, 4.69) is 15.3 Å². The second-order valence-corrected chi connectivity index (χ2v) is 5.20. The zero-order valence-electron chi connectivity index (χ0n) is 11.2. The number of rotatable bonds is 5. The third kappa shape index (κ3) is 3.52. The maximum atomic E-state index is 6.14. The Labute approximate surface area is 128 Å². The molecule has 3 N–H and O–H groups in total. The molecule has 0 aliphatic rings. The predicted molar refractivity (Wildman–Crippen MR) is 84.5 cm³/mol. The molecule has 2 aromatic rings. The highest BCUT2D eigenvalue weighted by Crippen LogP contribution is 2.22. The number of halogens is 2. The zero-order valence-corrected chi connectivity index (χ0v) is 12.7. The first-order valence-corrected chi connectivity index (χ1v) is 7.14. The van der Waals surface area contributed by atoms with E-state index in [0.29, 0.717) is 22.4 Å². The smallest absolute Gasteiger partial charge is 0.134 e. The van der Waals surface area contributed by atoms with Gasteiger partial charge in [-0.05, 0) is 30.5 Å². The van der Waals surface area contributed by atoms with Crippen LogP contribution in [0.25, 0.3) is 0 Å². The number of benzene rings is 1. The first-order chi connectivity index (χ1) is 9.61. The molecular weight excluding hydrogens is 295 g/mol. The summed E-state index contributed by atoms with van der Waals surface area (Å²) in [6.07, 6.45) is 3.03. The highest BCUT2D eigenvalue weighted by molar-refractivity contribution is 6.35. The molecule has 20 heavy (non-hydrogen) atoms. The van der Waals surface area contributed by atoms with Crippen molar-refractivity contribution in [2.45, 2.75) is 19.8 Å². The van der Waals surface area contributed by atoms with Crippen molar-refractivity contribution in [3.63, 3.8) is 0 Å². The number of anilines is 2. The highest BCUT2D eigenvalue weighted by Gasteiger charge is 2.07. The van der Waals surface area contributed by atoms with Crippen LogP contribution in [0.5, 0.6) is 0 Å². The van der Waals surface area contributed by atoms with Gasteiger partial charge in [0.15, 0.2) is 0 Å². The van der Waals surface area contributed by atoms with Gasteiger partial charge in [-0.25, -0.2) is 9.97 Å². The van der Waals surface area contributed by atoms with Crippen molar-refractivity contribution in [1.82, 2.24) is 9.97 Å². The number of nitrogen functional groups attached to an aromatic ring is 1. The van der Waals surface area contributed by atoms with E-state index in [9.17, 15) is 0 Å².